The summed E-state index contributed by atoms with van der Waals surface area (Å²) in [6, 6.07) is 5.58. The van der Waals surface area contributed by atoms with Crippen LogP contribution < -0.4 is 5.56 Å². The number of para-hydroxylation sites is 1. The van der Waals surface area contributed by atoms with E-state index in [1.54, 1.807) is 10.6 Å². The molecule has 90 valence electrons. The predicted octanol–water partition coefficient (Wildman–Crippen LogP) is 3.45. The van der Waals surface area contributed by atoms with Gasteiger partial charge in [0.2, 0.25) is 5.28 Å². The second kappa shape index (κ2) is 5.35. The second-order valence-electron chi connectivity index (χ2n) is 3.83. The Morgan fingerprint density at radius 3 is 2.94 bits per heavy atom. The van der Waals surface area contributed by atoms with E-state index in [-0.39, 0.29) is 10.8 Å². The van der Waals surface area contributed by atoms with Crippen LogP contribution in [0.3, 0.4) is 0 Å². The van der Waals surface area contributed by atoms with Crippen molar-refractivity contribution in [1.29, 1.82) is 0 Å². The molecule has 1 aromatic heterocycles. The lowest BCUT2D eigenvalue weighted by atomic mass is 10.2. The molecule has 5 heteroatoms. The van der Waals surface area contributed by atoms with Crippen LogP contribution in [0.4, 0.5) is 0 Å². The lowest BCUT2D eigenvalue weighted by molar-refractivity contribution is 0.609. The minimum atomic E-state index is -0.0491. The average molecular weight is 363 g/mol. The van der Waals surface area contributed by atoms with E-state index in [0.717, 1.165) is 16.4 Å². The van der Waals surface area contributed by atoms with Gasteiger partial charge in [0.15, 0.2) is 0 Å². The Bertz CT molecular complexity index is 609. The monoisotopic (exact) mass is 362 g/mol. The summed E-state index contributed by atoms with van der Waals surface area (Å²) in [5, 5.41) is 0.914. The Kier molecular flexibility index (Phi) is 4.04. The van der Waals surface area contributed by atoms with Gasteiger partial charge in [-0.15, -0.1) is 0 Å². The van der Waals surface area contributed by atoms with Gasteiger partial charge in [-0.05, 0) is 52.7 Å². The zero-order valence-corrected chi connectivity index (χ0v) is 12.3. The number of fused-ring (bicyclic) bond motifs is 1. The summed E-state index contributed by atoms with van der Waals surface area (Å²) in [6.45, 7) is 2.71. The van der Waals surface area contributed by atoms with Gasteiger partial charge in [-0.1, -0.05) is 19.4 Å². The number of nitrogens with zero attached hydrogens (tertiary/aromatic N) is 2. The molecule has 0 N–H and O–H groups in total. The predicted molar refractivity (Wildman–Crippen MR) is 78.6 cm³/mol. The van der Waals surface area contributed by atoms with Crippen LogP contribution in [0.1, 0.15) is 19.8 Å². The molecule has 1 heterocycles. The van der Waals surface area contributed by atoms with Gasteiger partial charge in [-0.2, -0.15) is 0 Å². The van der Waals surface area contributed by atoms with Crippen LogP contribution in [0.15, 0.2) is 23.0 Å². The van der Waals surface area contributed by atoms with Crippen LogP contribution in [-0.2, 0) is 6.54 Å². The fourth-order valence-electron chi connectivity index (χ4n) is 1.69. The molecule has 2 aromatic rings. The molecule has 0 bridgehead atoms. The van der Waals surface area contributed by atoms with Gasteiger partial charge in [-0.25, -0.2) is 4.98 Å². The molecule has 0 spiro atoms. The lowest BCUT2D eigenvalue weighted by Crippen LogP contribution is -2.22. The quantitative estimate of drug-likeness (QED) is 0.619. The van der Waals surface area contributed by atoms with E-state index in [4.69, 9.17) is 11.6 Å². The summed E-state index contributed by atoms with van der Waals surface area (Å²) in [6.07, 6.45) is 1.95. The molecule has 0 radical (unpaired) electrons. The van der Waals surface area contributed by atoms with Crippen molar-refractivity contribution in [2.75, 3.05) is 0 Å². The molecule has 0 saturated heterocycles. The molecule has 17 heavy (non-hydrogen) atoms. The zero-order valence-electron chi connectivity index (χ0n) is 9.41. The fourth-order valence-corrected chi connectivity index (χ4v) is 2.56. The van der Waals surface area contributed by atoms with Crippen LogP contribution in [0.2, 0.25) is 5.28 Å². The number of halogens is 2. The van der Waals surface area contributed by atoms with Gasteiger partial charge >= 0.3 is 0 Å². The summed E-state index contributed by atoms with van der Waals surface area (Å²) in [5.74, 6) is 0. The summed E-state index contributed by atoms with van der Waals surface area (Å²) in [4.78, 5) is 16.6. The molecule has 0 aliphatic heterocycles. The number of rotatable bonds is 3. The van der Waals surface area contributed by atoms with E-state index >= 15 is 0 Å². The minimum absolute atomic E-state index is 0.0491. The molecule has 0 atom stereocenters. The first-order valence-electron chi connectivity index (χ1n) is 5.49. The van der Waals surface area contributed by atoms with Gasteiger partial charge < -0.3 is 0 Å². The molecule has 0 unspecified atom stereocenters. The number of unbranched alkanes of at least 4 members (excludes halogenated alkanes) is 1. The largest absolute Gasteiger partial charge is 0.283 e. The highest BCUT2D eigenvalue weighted by Crippen LogP contribution is 2.18. The third kappa shape index (κ3) is 2.47. The number of hydrogen-bond donors (Lipinski definition) is 0. The topological polar surface area (TPSA) is 34.9 Å². The van der Waals surface area contributed by atoms with Crippen molar-refractivity contribution in [3.05, 3.63) is 37.4 Å². The Morgan fingerprint density at radius 1 is 1.47 bits per heavy atom. The first kappa shape index (κ1) is 12.8. The van der Waals surface area contributed by atoms with Gasteiger partial charge in [0, 0.05) is 10.1 Å². The minimum Gasteiger partial charge on any atom is -0.283 e. The fraction of sp³-hybridized carbons (Fsp3) is 0.333. The molecule has 0 aliphatic carbocycles. The normalized spacial score (nSPS) is 11.0. The maximum atomic E-state index is 12.2. The number of benzene rings is 1. The summed E-state index contributed by atoms with van der Waals surface area (Å²) in [7, 11) is 0. The highest BCUT2D eigenvalue weighted by Gasteiger charge is 2.10. The third-order valence-corrected chi connectivity index (χ3v) is 3.78. The van der Waals surface area contributed by atoms with Gasteiger partial charge in [-0.3, -0.25) is 9.36 Å². The van der Waals surface area contributed by atoms with Crippen molar-refractivity contribution in [3.63, 3.8) is 0 Å². The standard InChI is InChI=1S/C12H12ClIN2O/c1-2-3-7-16-11(17)8-5-4-6-9(14)10(8)15-12(16)13/h4-6H,2-3,7H2,1H3. The van der Waals surface area contributed by atoms with Crippen LogP contribution in [0, 0.1) is 3.57 Å². The molecule has 0 amide bonds. The smallest absolute Gasteiger partial charge is 0.262 e. The van der Waals surface area contributed by atoms with E-state index < -0.39 is 0 Å². The third-order valence-electron chi connectivity index (χ3n) is 2.62. The summed E-state index contributed by atoms with van der Waals surface area (Å²) >= 11 is 8.23. The van der Waals surface area contributed by atoms with E-state index in [0.29, 0.717) is 17.4 Å². The molecule has 3 nitrogen and oxygen atoms in total. The zero-order chi connectivity index (χ0) is 12.4. The van der Waals surface area contributed by atoms with Crippen LogP contribution in [0.25, 0.3) is 10.9 Å². The Hall–Kier alpha value is -0.620. The lowest BCUT2D eigenvalue weighted by Gasteiger charge is -2.09. The van der Waals surface area contributed by atoms with Crippen molar-refractivity contribution in [1.82, 2.24) is 9.55 Å². The van der Waals surface area contributed by atoms with Crippen molar-refractivity contribution in [2.24, 2.45) is 0 Å². The van der Waals surface area contributed by atoms with Gasteiger partial charge in [0.05, 0.1) is 10.9 Å². The second-order valence-corrected chi connectivity index (χ2v) is 5.33. The Labute approximate surface area is 118 Å². The first-order chi connectivity index (χ1) is 8.15. The molecular formula is C12H12ClIN2O. The van der Waals surface area contributed by atoms with Gasteiger partial charge in [0.1, 0.15) is 0 Å². The first-order valence-corrected chi connectivity index (χ1v) is 6.95. The molecule has 0 saturated carbocycles. The summed E-state index contributed by atoms with van der Waals surface area (Å²) in [5.41, 5.74) is 0.641. The number of aromatic nitrogens is 2. The van der Waals surface area contributed by atoms with E-state index in [1.807, 2.05) is 12.1 Å². The maximum Gasteiger partial charge on any atom is 0.262 e. The molecule has 0 aliphatic rings. The van der Waals surface area contributed by atoms with Crippen molar-refractivity contribution in [3.8, 4) is 0 Å². The molecular weight excluding hydrogens is 351 g/mol. The SMILES string of the molecule is CCCCn1c(Cl)nc2c(I)cccc2c1=O. The van der Waals surface area contributed by atoms with E-state index in [1.165, 1.54) is 0 Å². The van der Waals surface area contributed by atoms with Crippen molar-refractivity contribution in [2.45, 2.75) is 26.3 Å². The van der Waals surface area contributed by atoms with Crippen LogP contribution in [-0.4, -0.2) is 9.55 Å². The molecule has 0 fully saturated rings. The highest BCUT2D eigenvalue weighted by molar-refractivity contribution is 14.1. The molecule has 2 rings (SSSR count). The highest BCUT2D eigenvalue weighted by atomic mass is 127. The molecule has 1 aromatic carbocycles. The van der Waals surface area contributed by atoms with Gasteiger partial charge in [0.25, 0.3) is 5.56 Å². The van der Waals surface area contributed by atoms with Crippen molar-refractivity contribution < 1.29 is 0 Å². The Balaban J connectivity index is 2.68. The van der Waals surface area contributed by atoms with Crippen molar-refractivity contribution >= 4 is 45.1 Å². The summed E-state index contributed by atoms with van der Waals surface area (Å²) < 4.78 is 2.49. The Morgan fingerprint density at radius 2 is 2.24 bits per heavy atom. The maximum absolute atomic E-state index is 12.2. The number of hydrogen-bond acceptors (Lipinski definition) is 2. The van der Waals surface area contributed by atoms with Crippen LogP contribution >= 0.6 is 34.2 Å². The van der Waals surface area contributed by atoms with E-state index in [9.17, 15) is 4.79 Å². The van der Waals surface area contributed by atoms with E-state index in [2.05, 4.69) is 34.5 Å². The van der Waals surface area contributed by atoms with Crippen LogP contribution in [0.5, 0.6) is 0 Å². The average Bonchev–Trinajstić information content (AvgIpc) is 2.31.